The highest BCUT2D eigenvalue weighted by molar-refractivity contribution is 6.11. The third kappa shape index (κ3) is 4.41. The highest BCUT2D eigenvalue weighted by Crippen LogP contribution is 2.42. The maximum absolute atomic E-state index is 13.4. The van der Waals surface area contributed by atoms with E-state index in [-0.39, 0.29) is 18.0 Å². The van der Waals surface area contributed by atoms with Crippen LogP contribution in [0.1, 0.15) is 36.8 Å². The highest BCUT2D eigenvalue weighted by atomic mass is 19.4. The van der Waals surface area contributed by atoms with Gasteiger partial charge in [-0.05, 0) is 79.3 Å². The normalized spacial score (nSPS) is 16.2. The molecule has 2 aliphatic heterocycles. The van der Waals surface area contributed by atoms with Crippen LogP contribution >= 0.6 is 0 Å². The summed E-state index contributed by atoms with van der Waals surface area (Å²) in [6.07, 6.45) is 3.37. The molecule has 2 aromatic heterocycles. The molecular formula is C29H25F3N4O. The molecule has 2 aromatic carbocycles. The van der Waals surface area contributed by atoms with Gasteiger partial charge < -0.3 is 4.90 Å². The zero-order valence-electron chi connectivity index (χ0n) is 20.1. The highest BCUT2D eigenvalue weighted by Gasteiger charge is 2.33. The lowest BCUT2D eigenvalue weighted by Gasteiger charge is -2.31. The Balaban J connectivity index is 1.44. The molecule has 1 amide bonds. The number of carbonyl (C=O) groups excluding carboxylic acids is 1. The summed E-state index contributed by atoms with van der Waals surface area (Å²) >= 11 is 0. The minimum Gasteiger partial charge on any atom is -0.357 e. The van der Waals surface area contributed by atoms with E-state index in [1.807, 2.05) is 36.5 Å². The Labute approximate surface area is 212 Å². The SMILES string of the molecule is O=C1CCc2cnc3ccc(-c4ccc(N5CCCCC5)nc4)cc3c2N1c1cccc(C(F)(F)F)c1. The van der Waals surface area contributed by atoms with Gasteiger partial charge in [0, 0.05) is 48.5 Å². The molecule has 0 saturated carbocycles. The van der Waals surface area contributed by atoms with Crippen molar-refractivity contribution in [2.45, 2.75) is 38.3 Å². The van der Waals surface area contributed by atoms with E-state index in [2.05, 4.69) is 9.88 Å². The van der Waals surface area contributed by atoms with Crippen molar-refractivity contribution in [3.63, 3.8) is 0 Å². The molecular weight excluding hydrogens is 477 g/mol. The molecule has 6 rings (SSSR count). The van der Waals surface area contributed by atoms with Crippen molar-refractivity contribution in [2.24, 2.45) is 0 Å². The first-order valence-electron chi connectivity index (χ1n) is 12.5. The maximum Gasteiger partial charge on any atom is 0.416 e. The van der Waals surface area contributed by atoms with E-state index >= 15 is 0 Å². The Bertz CT molecular complexity index is 1480. The number of hydrogen-bond acceptors (Lipinski definition) is 4. The average Bonchev–Trinajstić information content (AvgIpc) is 2.93. The maximum atomic E-state index is 13.4. The van der Waals surface area contributed by atoms with Gasteiger partial charge >= 0.3 is 6.18 Å². The molecule has 0 aliphatic carbocycles. The number of pyridine rings is 2. The van der Waals surface area contributed by atoms with Gasteiger partial charge in [0.1, 0.15) is 5.82 Å². The lowest BCUT2D eigenvalue weighted by molar-refractivity contribution is -0.137. The summed E-state index contributed by atoms with van der Waals surface area (Å²) in [7, 11) is 0. The summed E-state index contributed by atoms with van der Waals surface area (Å²) in [6, 6.07) is 14.8. The third-order valence-corrected chi connectivity index (χ3v) is 7.19. The summed E-state index contributed by atoms with van der Waals surface area (Å²) in [6.45, 7) is 2.03. The van der Waals surface area contributed by atoms with Crippen LogP contribution in [0.15, 0.2) is 67.0 Å². The first-order valence-corrected chi connectivity index (χ1v) is 12.5. The van der Waals surface area contributed by atoms with Crippen LogP contribution in [0, 0.1) is 0 Å². The molecule has 1 saturated heterocycles. The fourth-order valence-electron chi connectivity index (χ4n) is 5.29. The van der Waals surface area contributed by atoms with E-state index in [0.29, 0.717) is 17.6 Å². The Morgan fingerprint density at radius 1 is 0.811 bits per heavy atom. The topological polar surface area (TPSA) is 49.3 Å². The van der Waals surface area contributed by atoms with Crippen LogP contribution in [0.25, 0.3) is 22.0 Å². The van der Waals surface area contributed by atoms with Gasteiger partial charge in [0.15, 0.2) is 0 Å². The van der Waals surface area contributed by atoms with Crippen LogP contribution in [0.5, 0.6) is 0 Å². The number of hydrogen-bond donors (Lipinski definition) is 0. The Morgan fingerprint density at radius 2 is 1.62 bits per heavy atom. The van der Waals surface area contributed by atoms with E-state index in [0.717, 1.165) is 53.1 Å². The molecule has 1 fully saturated rings. The number of alkyl halides is 3. The number of halogens is 3. The number of fused-ring (bicyclic) bond motifs is 3. The summed E-state index contributed by atoms with van der Waals surface area (Å²) in [5, 5.41) is 0.723. The zero-order valence-corrected chi connectivity index (χ0v) is 20.1. The number of amides is 1. The van der Waals surface area contributed by atoms with Gasteiger partial charge in [-0.2, -0.15) is 13.2 Å². The number of anilines is 3. The largest absolute Gasteiger partial charge is 0.416 e. The number of piperidine rings is 1. The van der Waals surface area contributed by atoms with Crippen LogP contribution in [-0.4, -0.2) is 29.0 Å². The number of nitrogens with zero attached hydrogens (tertiary/aromatic N) is 4. The van der Waals surface area contributed by atoms with Gasteiger partial charge in [-0.3, -0.25) is 14.7 Å². The molecule has 0 spiro atoms. The van der Waals surface area contributed by atoms with E-state index < -0.39 is 11.7 Å². The number of benzene rings is 2. The summed E-state index contributed by atoms with van der Waals surface area (Å²) in [4.78, 5) is 26.1. The summed E-state index contributed by atoms with van der Waals surface area (Å²) < 4.78 is 40.3. The van der Waals surface area contributed by atoms with Crippen molar-refractivity contribution in [1.29, 1.82) is 0 Å². The molecule has 0 atom stereocenters. The van der Waals surface area contributed by atoms with Crippen molar-refractivity contribution in [2.75, 3.05) is 22.9 Å². The molecule has 2 aliphatic rings. The molecule has 0 unspecified atom stereocenters. The number of aryl methyl sites for hydroxylation is 1. The Kier molecular flexibility index (Phi) is 5.82. The Morgan fingerprint density at radius 3 is 2.38 bits per heavy atom. The molecule has 0 bridgehead atoms. The number of aromatic nitrogens is 2. The minimum absolute atomic E-state index is 0.200. The third-order valence-electron chi connectivity index (χ3n) is 7.19. The molecule has 188 valence electrons. The standard InChI is InChI=1S/C29H25F3N4O/c30-29(31,32)22-5-4-6-23(16-22)36-27(37)12-9-21-18-33-25-10-7-19(15-24(25)28(21)36)20-8-11-26(34-17-20)35-13-2-1-3-14-35/h4-8,10-11,15-18H,1-3,9,12-14H2. The van der Waals surface area contributed by atoms with Crippen molar-refractivity contribution in [3.8, 4) is 11.1 Å². The van der Waals surface area contributed by atoms with Gasteiger partial charge in [0.05, 0.1) is 16.8 Å². The molecule has 8 heteroatoms. The van der Waals surface area contributed by atoms with Gasteiger partial charge in [-0.1, -0.05) is 12.1 Å². The fraction of sp³-hybridized carbons (Fsp3) is 0.276. The molecule has 5 nitrogen and oxygen atoms in total. The van der Waals surface area contributed by atoms with E-state index in [4.69, 9.17) is 4.98 Å². The van der Waals surface area contributed by atoms with Crippen molar-refractivity contribution < 1.29 is 18.0 Å². The van der Waals surface area contributed by atoms with E-state index in [9.17, 15) is 18.0 Å². The first kappa shape index (κ1) is 23.5. The van der Waals surface area contributed by atoms with Crippen LogP contribution < -0.4 is 9.80 Å². The summed E-state index contributed by atoms with van der Waals surface area (Å²) in [5.41, 5.74) is 3.35. The Hall–Kier alpha value is -3.94. The second kappa shape index (κ2) is 9.18. The van der Waals surface area contributed by atoms with Gasteiger partial charge in [0.25, 0.3) is 0 Å². The monoisotopic (exact) mass is 502 g/mol. The van der Waals surface area contributed by atoms with Crippen LogP contribution in [0.4, 0.5) is 30.4 Å². The van der Waals surface area contributed by atoms with Crippen molar-refractivity contribution >= 4 is 34.0 Å². The lowest BCUT2D eigenvalue weighted by atomic mass is 9.96. The molecule has 37 heavy (non-hydrogen) atoms. The van der Waals surface area contributed by atoms with Crippen LogP contribution in [0.3, 0.4) is 0 Å². The van der Waals surface area contributed by atoms with Crippen molar-refractivity contribution in [3.05, 3.63) is 78.1 Å². The number of carbonyl (C=O) groups is 1. The average molecular weight is 503 g/mol. The summed E-state index contributed by atoms with van der Waals surface area (Å²) in [5.74, 6) is 0.724. The first-order chi connectivity index (χ1) is 17.9. The van der Waals surface area contributed by atoms with Gasteiger partial charge in [-0.15, -0.1) is 0 Å². The van der Waals surface area contributed by atoms with E-state index in [1.54, 1.807) is 12.3 Å². The second-order valence-corrected chi connectivity index (χ2v) is 9.59. The smallest absolute Gasteiger partial charge is 0.357 e. The second-order valence-electron chi connectivity index (χ2n) is 9.59. The van der Waals surface area contributed by atoms with Gasteiger partial charge in [0.2, 0.25) is 5.91 Å². The van der Waals surface area contributed by atoms with Crippen LogP contribution in [0.2, 0.25) is 0 Å². The molecule has 0 N–H and O–H groups in total. The molecule has 4 heterocycles. The predicted octanol–water partition coefficient (Wildman–Crippen LogP) is 6.92. The quantitative estimate of drug-likeness (QED) is 0.305. The zero-order chi connectivity index (χ0) is 25.6. The molecule has 0 radical (unpaired) electrons. The lowest BCUT2D eigenvalue weighted by Crippen LogP contribution is -2.31. The number of rotatable bonds is 3. The fourth-order valence-corrected chi connectivity index (χ4v) is 5.29. The van der Waals surface area contributed by atoms with Gasteiger partial charge in [-0.25, -0.2) is 4.98 Å². The predicted molar refractivity (Wildman–Crippen MR) is 138 cm³/mol. The van der Waals surface area contributed by atoms with Crippen molar-refractivity contribution in [1.82, 2.24) is 9.97 Å². The van der Waals surface area contributed by atoms with E-state index in [1.165, 1.54) is 30.2 Å². The molecule has 4 aromatic rings. The minimum atomic E-state index is -4.50. The van der Waals surface area contributed by atoms with Crippen LogP contribution in [-0.2, 0) is 17.4 Å².